The molecule has 0 bridgehead atoms. The van der Waals surface area contributed by atoms with Gasteiger partial charge >= 0.3 is 0 Å². The van der Waals surface area contributed by atoms with E-state index >= 15 is 0 Å². The van der Waals surface area contributed by atoms with Crippen LogP contribution < -0.4 is 4.90 Å². The van der Waals surface area contributed by atoms with Crippen LogP contribution in [-0.4, -0.2) is 86.5 Å². The number of carbonyl (C=O) groups is 1. The van der Waals surface area contributed by atoms with Gasteiger partial charge in [0.15, 0.2) is 0 Å². The Morgan fingerprint density at radius 1 is 1.13 bits per heavy atom. The van der Waals surface area contributed by atoms with Crippen molar-refractivity contribution in [1.29, 1.82) is 0 Å². The minimum Gasteiger partial charge on any atom is -0.378 e. The zero-order valence-corrected chi connectivity index (χ0v) is 19.3. The third-order valence-electron chi connectivity index (χ3n) is 5.57. The van der Waals surface area contributed by atoms with Gasteiger partial charge in [-0.1, -0.05) is 12.1 Å². The molecule has 4 rings (SSSR count). The number of carbonyl (C=O) groups excluding carboxylic acids is 1. The van der Waals surface area contributed by atoms with Gasteiger partial charge in [-0.3, -0.25) is 4.79 Å². The highest BCUT2D eigenvalue weighted by molar-refractivity contribution is 7.99. The van der Waals surface area contributed by atoms with Crippen molar-refractivity contribution in [2.24, 2.45) is 0 Å². The molecule has 0 aliphatic carbocycles. The quantitative estimate of drug-likeness (QED) is 0.702. The Bertz CT molecular complexity index is 995. The Labute approximate surface area is 187 Å². The molecule has 2 aliphatic heterocycles. The lowest BCUT2D eigenvalue weighted by molar-refractivity contribution is 0.0780. The first-order chi connectivity index (χ1) is 14.9. The second-order valence-electron chi connectivity index (χ2n) is 7.69. The molecule has 1 aromatic heterocycles. The highest BCUT2D eigenvalue weighted by atomic mass is 32.2. The summed E-state index contributed by atoms with van der Waals surface area (Å²) in [7, 11) is -1.85. The van der Waals surface area contributed by atoms with Gasteiger partial charge < -0.3 is 19.5 Å². The fraction of sp³-hybridized carbons (Fsp3) is 0.476. The number of thioether (sulfide) groups is 1. The van der Waals surface area contributed by atoms with E-state index in [4.69, 9.17) is 4.74 Å². The summed E-state index contributed by atoms with van der Waals surface area (Å²) < 4.78 is 32.5. The minimum atomic E-state index is -3.57. The molecule has 10 heteroatoms. The van der Waals surface area contributed by atoms with Gasteiger partial charge in [-0.25, -0.2) is 8.42 Å². The lowest BCUT2D eigenvalue weighted by Crippen LogP contribution is -2.37. The van der Waals surface area contributed by atoms with E-state index in [0.29, 0.717) is 19.6 Å². The van der Waals surface area contributed by atoms with Crippen molar-refractivity contribution >= 4 is 33.4 Å². The van der Waals surface area contributed by atoms with Crippen LogP contribution in [0.3, 0.4) is 0 Å². The maximum absolute atomic E-state index is 12.8. The predicted octanol–water partition coefficient (Wildman–Crippen LogP) is 1.86. The maximum Gasteiger partial charge on any atom is 0.270 e. The van der Waals surface area contributed by atoms with Crippen LogP contribution >= 0.6 is 11.8 Å². The highest BCUT2D eigenvalue weighted by Gasteiger charge is 2.28. The molecule has 31 heavy (non-hydrogen) atoms. The van der Waals surface area contributed by atoms with E-state index in [2.05, 4.69) is 22.0 Å². The second kappa shape index (κ2) is 9.64. The largest absolute Gasteiger partial charge is 0.378 e. The van der Waals surface area contributed by atoms with Crippen molar-refractivity contribution in [1.82, 2.24) is 14.2 Å². The predicted molar refractivity (Wildman–Crippen MR) is 122 cm³/mol. The number of ether oxygens (including phenoxy) is 1. The molecular formula is C21H28N4O4S2. The van der Waals surface area contributed by atoms with Crippen molar-refractivity contribution in [2.45, 2.75) is 11.4 Å². The number of nitrogens with zero attached hydrogens (tertiary/aromatic N) is 3. The Kier molecular flexibility index (Phi) is 6.90. The Morgan fingerprint density at radius 2 is 1.81 bits per heavy atom. The summed E-state index contributed by atoms with van der Waals surface area (Å²) >= 11 is 1.75. The SMILES string of the molecule is CN(Cc1ccc(N2CCOCC2)cc1)C(=O)c1cc(S(=O)(=O)N2CCSCC2)c[nH]1. The number of hydrogen-bond acceptors (Lipinski definition) is 6. The maximum atomic E-state index is 12.8. The molecule has 8 nitrogen and oxygen atoms in total. The van der Waals surface area contributed by atoms with Crippen LogP contribution in [-0.2, 0) is 21.3 Å². The summed E-state index contributed by atoms with van der Waals surface area (Å²) in [5.41, 5.74) is 2.44. The van der Waals surface area contributed by atoms with Gasteiger partial charge in [-0.2, -0.15) is 16.1 Å². The Balaban J connectivity index is 1.39. The first-order valence-corrected chi connectivity index (χ1v) is 13.0. The van der Waals surface area contributed by atoms with Crippen LogP contribution in [0.15, 0.2) is 41.4 Å². The van der Waals surface area contributed by atoms with Gasteiger partial charge in [0, 0.05) is 63.2 Å². The average Bonchev–Trinajstić information content (AvgIpc) is 3.31. The van der Waals surface area contributed by atoms with Gasteiger partial charge in [-0.05, 0) is 23.8 Å². The first kappa shape index (κ1) is 22.2. The molecule has 1 N–H and O–H groups in total. The Morgan fingerprint density at radius 3 is 2.48 bits per heavy atom. The minimum absolute atomic E-state index is 0.144. The van der Waals surface area contributed by atoms with Gasteiger partial charge in [-0.15, -0.1) is 0 Å². The number of aromatic amines is 1. The molecule has 1 amide bonds. The topological polar surface area (TPSA) is 85.9 Å². The van der Waals surface area contributed by atoms with E-state index in [-0.39, 0.29) is 16.5 Å². The number of nitrogens with one attached hydrogen (secondary N) is 1. The number of morpholine rings is 1. The molecule has 0 atom stereocenters. The van der Waals surface area contributed by atoms with E-state index in [0.717, 1.165) is 49.1 Å². The number of aromatic nitrogens is 1. The van der Waals surface area contributed by atoms with E-state index in [1.54, 1.807) is 23.7 Å². The number of hydrogen-bond donors (Lipinski definition) is 1. The third kappa shape index (κ3) is 5.08. The van der Waals surface area contributed by atoms with Crippen LogP contribution in [0.2, 0.25) is 0 Å². The number of amides is 1. The normalized spacial score (nSPS) is 18.2. The average molecular weight is 465 g/mol. The van der Waals surface area contributed by atoms with Gasteiger partial charge in [0.05, 0.1) is 13.2 Å². The molecule has 3 heterocycles. The van der Waals surface area contributed by atoms with Crippen LogP contribution in [0.4, 0.5) is 5.69 Å². The molecule has 0 saturated carbocycles. The standard InChI is InChI=1S/C21H28N4O4S2/c1-23(16-17-2-4-18(5-3-17)24-6-10-29-11-7-24)21(26)20-14-19(15-22-20)31(27,28)25-8-12-30-13-9-25/h2-5,14-15,22H,6-13,16H2,1H3. The van der Waals surface area contributed by atoms with Crippen LogP contribution in [0.1, 0.15) is 16.1 Å². The second-order valence-corrected chi connectivity index (χ2v) is 10.9. The van der Waals surface area contributed by atoms with E-state index in [9.17, 15) is 13.2 Å². The summed E-state index contributed by atoms with van der Waals surface area (Å²) in [6, 6.07) is 9.61. The molecule has 0 radical (unpaired) electrons. The Hall–Kier alpha value is -2.01. The van der Waals surface area contributed by atoms with Gasteiger partial charge in [0.25, 0.3) is 5.91 Å². The van der Waals surface area contributed by atoms with Gasteiger partial charge in [0.2, 0.25) is 10.0 Å². The van der Waals surface area contributed by atoms with Crippen LogP contribution in [0.5, 0.6) is 0 Å². The summed E-state index contributed by atoms with van der Waals surface area (Å²) in [6.07, 6.45) is 1.41. The monoisotopic (exact) mass is 464 g/mol. The molecule has 2 aliphatic rings. The smallest absolute Gasteiger partial charge is 0.270 e. The molecule has 168 valence electrons. The first-order valence-electron chi connectivity index (χ1n) is 10.4. The fourth-order valence-corrected chi connectivity index (χ4v) is 6.34. The lowest BCUT2D eigenvalue weighted by Gasteiger charge is -2.29. The van der Waals surface area contributed by atoms with Crippen molar-refractivity contribution in [3.63, 3.8) is 0 Å². The lowest BCUT2D eigenvalue weighted by atomic mass is 10.1. The van der Waals surface area contributed by atoms with Crippen molar-refractivity contribution < 1.29 is 17.9 Å². The highest BCUT2D eigenvalue weighted by Crippen LogP contribution is 2.22. The number of anilines is 1. The zero-order valence-electron chi connectivity index (χ0n) is 17.6. The fourth-order valence-electron chi connectivity index (χ4n) is 3.77. The molecule has 0 spiro atoms. The van der Waals surface area contributed by atoms with Crippen molar-refractivity contribution in [3.05, 3.63) is 47.8 Å². The van der Waals surface area contributed by atoms with Crippen molar-refractivity contribution in [3.8, 4) is 0 Å². The van der Waals surface area contributed by atoms with E-state index in [1.165, 1.54) is 16.6 Å². The van der Waals surface area contributed by atoms with Gasteiger partial charge in [0.1, 0.15) is 10.6 Å². The number of H-pyrrole nitrogens is 1. The number of sulfonamides is 1. The van der Waals surface area contributed by atoms with E-state index < -0.39 is 10.0 Å². The summed E-state index contributed by atoms with van der Waals surface area (Å²) in [5.74, 6) is 1.35. The number of benzene rings is 1. The summed E-state index contributed by atoms with van der Waals surface area (Å²) in [5, 5.41) is 0. The molecular weight excluding hydrogens is 436 g/mol. The van der Waals surface area contributed by atoms with E-state index in [1.807, 2.05) is 12.1 Å². The zero-order chi connectivity index (χ0) is 21.8. The molecule has 2 fully saturated rings. The van der Waals surface area contributed by atoms with Crippen LogP contribution in [0, 0.1) is 0 Å². The molecule has 1 aromatic carbocycles. The van der Waals surface area contributed by atoms with Crippen molar-refractivity contribution in [2.75, 3.05) is 62.8 Å². The molecule has 2 saturated heterocycles. The summed E-state index contributed by atoms with van der Waals surface area (Å²) in [6.45, 7) is 4.68. The number of rotatable bonds is 6. The van der Waals surface area contributed by atoms with Crippen LogP contribution in [0.25, 0.3) is 0 Å². The molecule has 2 aromatic rings. The summed E-state index contributed by atoms with van der Waals surface area (Å²) in [4.78, 5) is 19.7. The third-order valence-corrected chi connectivity index (χ3v) is 8.39. The molecule has 0 unspecified atom stereocenters.